The molecule has 1 aromatic heterocycles. The number of nitrogens with one attached hydrogen (secondary N) is 1. The summed E-state index contributed by atoms with van der Waals surface area (Å²) in [5.74, 6) is -3.53. The number of halogens is 3. The van der Waals surface area contributed by atoms with Gasteiger partial charge in [-0.25, -0.2) is 14.4 Å². The average Bonchev–Trinajstić information content (AvgIpc) is 2.92. The number of nitrogens with zero attached hydrogens (tertiary/aromatic N) is 2. The van der Waals surface area contributed by atoms with Gasteiger partial charge in [-0.3, -0.25) is 0 Å². The molecule has 1 aliphatic rings. The summed E-state index contributed by atoms with van der Waals surface area (Å²) >= 11 is 0. The predicted octanol–water partition coefficient (Wildman–Crippen LogP) is 4.83. The van der Waals surface area contributed by atoms with Crippen LogP contribution in [0.15, 0.2) is 30.3 Å². The standard InChI is InChI=1S/C27H32F3N3O5/c1-16(17-6-5-7-19(24(17)28)27(29,30)15-35-2)31-25-18-12-20(26(37-4)8-10-38-11-9-26)22(36-3)13-21(18)32-23(14-34)33-25/h5-7,12-13,16,34H,8-11,14-15H2,1-4H3,(H,31,32,33)/t16-/m1/s1. The molecule has 0 spiro atoms. The Morgan fingerprint density at radius 1 is 1.16 bits per heavy atom. The first-order valence-corrected chi connectivity index (χ1v) is 12.2. The Labute approximate surface area is 219 Å². The lowest BCUT2D eigenvalue weighted by Gasteiger charge is -2.37. The van der Waals surface area contributed by atoms with E-state index in [1.807, 2.05) is 6.07 Å². The maximum Gasteiger partial charge on any atom is 0.298 e. The molecule has 0 saturated carbocycles. The lowest BCUT2D eigenvalue weighted by Crippen LogP contribution is -2.36. The molecule has 1 fully saturated rings. The third-order valence-electron chi connectivity index (χ3n) is 6.95. The lowest BCUT2D eigenvalue weighted by molar-refractivity contribution is -0.0956. The van der Waals surface area contributed by atoms with E-state index in [4.69, 9.17) is 14.2 Å². The van der Waals surface area contributed by atoms with Crippen molar-refractivity contribution in [3.05, 3.63) is 58.7 Å². The number of aromatic nitrogens is 2. The van der Waals surface area contributed by atoms with Gasteiger partial charge in [0.1, 0.15) is 36.2 Å². The van der Waals surface area contributed by atoms with Gasteiger partial charge in [-0.2, -0.15) is 8.78 Å². The van der Waals surface area contributed by atoms with Gasteiger partial charge in [0.15, 0.2) is 5.82 Å². The molecule has 0 bridgehead atoms. The van der Waals surface area contributed by atoms with Crippen LogP contribution in [0, 0.1) is 5.82 Å². The van der Waals surface area contributed by atoms with Crippen molar-refractivity contribution >= 4 is 16.7 Å². The first kappa shape index (κ1) is 28.0. The van der Waals surface area contributed by atoms with Crippen molar-refractivity contribution < 1.29 is 37.2 Å². The van der Waals surface area contributed by atoms with E-state index >= 15 is 4.39 Å². The molecule has 3 aromatic rings. The molecule has 8 nitrogen and oxygen atoms in total. The third-order valence-corrected chi connectivity index (χ3v) is 6.95. The molecule has 2 N–H and O–H groups in total. The van der Waals surface area contributed by atoms with E-state index in [1.54, 1.807) is 27.2 Å². The molecule has 0 aliphatic carbocycles. The number of benzene rings is 2. The molecule has 0 radical (unpaired) electrons. The quantitative estimate of drug-likeness (QED) is 0.381. The summed E-state index contributed by atoms with van der Waals surface area (Å²) in [5, 5.41) is 13.5. The highest BCUT2D eigenvalue weighted by Gasteiger charge is 2.38. The van der Waals surface area contributed by atoms with E-state index in [0.717, 1.165) is 18.7 Å². The predicted molar refractivity (Wildman–Crippen MR) is 135 cm³/mol. The van der Waals surface area contributed by atoms with Gasteiger partial charge >= 0.3 is 0 Å². The number of aliphatic hydroxyl groups excluding tert-OH is 1. The molecule has 38 heavy (non-hydrogen) atoms. The molecule has 1 atom stereocenters. The van der Waals surface area contributed by atoms with Crippen molar-refractivity contribution in [2.24, 2.45) is 0 Å². The van der Waals surface area contributed by atoms with E-state index < -0.39 is 42.2 Å². The number of rotatable bonds is 10. The zero-order chi connectivity index (χ0) is 27.5. The Morgan fingerprint density at radius 2 is 1.89 bits per heavy atom. The van der Waals surface area contributed by atoms with Crippen molar-refractivity contribution in [1.82, 2.24) is 9.97 Å². The summed E-state index contributed by atoms with van der Waals surface area (Å²) in [4.78, 5) is 8.86. The van der Waals surface area contributed by atoms with E-state index in [-0.39, 0.29) is 11.4 Å². The number of hydrogen-bond acceptors (Lipinski definition) is 8. The summed E-state index contributed by atoms with van der Waals surface area (Å²) in [6.07, 6.45) is 1.21. The summed E-state index contributed by atoms with van der Waals surface area (Å²) in [5.41, 5.74) is -0.117. The second-order valence-corrected chi connectivity index (χ2v) is 9.24. The molecule has 0 unspecified atom stereocenters. The van der Waals surface area contributed by atoms with Crippen LogP contribution in [0.1, 0.15) is 48.3 Å². The zero-order valence-corrected chi connectivity index (χ0v) is 21.8. The van der Waals surface area contributed by atoms with Crippen molar-refractivity contribution in [2.45, 2.75) is 43.9 Å². The molecule has 1 saturated heterocycles. The van der Waals surface area contributed by atoms with Crippen LogP contribution in [0.5, 0.6) is 5.75 Å². The second-order valence-electron chi connectivity index (χ2n) is 9.24. The van der Waals surface area contributed by atoms with Crippen LogP contribution in [0.4, 0.5) is 19.0 Å². The van der Waals surface area contributed by atoms with Gasteiger partial charge < -0.3 is 29.4 Å². The Morgan fingerprint density at radius 3 is 2.53 bits per heavy atom. The molecular weight excluding hydrogens is 503 g/mol. The Bertz CT molecular complexity index is 1280. The van der Waals surface area contributed by atoms with Crippen molar-refractivity contribution in [1.29, 1.82) is 0 Å². The van der Waals surface area contributed by atoms with Crippen LogP contribution in [0.3, 0.4) is 0 Å². The monoisotopic (exact) mass is 535 g/mol. The minimum absolute atomic E-state index is 0.0297. The van der Waals surface area contributed by atoms with E-state index in [0.29, 0.717) is 48.5 Å². The third kappa shape index (κ3) is 5.28. The van der Waals surface area contributed by atoms with Gasteiger partial charge in [-0.15, -0.1) is 0 Å². The number of aliphatic hydroxyl groups is 1. The Kier molecular flexibility index (Phi) is 8.41. The smallest absolute Gasteiger partial charge is 0.298 e. The van der Waals surface area contributed by atoms with Crippen LogP contribution in [0.25, 0.3) is 10.9 Å². The molecular formula is C27H32F3N3O5. The van der Waals surface area contributed by atoms with Gasteiger partial charge in [0.2, 0.25) is 0 Å². The van der Waals surface area contributed by atoms with Gasteiger partial charge in [0.05, 0.1) is 24.2 Å². The maximum absolute atomic E-state index is 15.3. The van der Waals surface area contributed by atoms with Crippen molar-refractivity contribution in [3.8, 4) is 5.75 Å². The number of methoxy groups -OCH3 is 3. The number of hydrogen-bond donors (Lipinski definition) is 2. The highest BCUT2D eigenvalue weighted by molar-refractivity contribution is 5.91. The van der Waals surface area contributed by atoms with Crippen LogP contribution >= 0.6 is 0 Å². The van der Waals surface area contributed by atoms with Gasteiger partial charge in [-0.05, 0) is 19.1 Å². The first-order chi connectivity index (χ1) is 18.2. The Balaban J connectivity index is 1.81. The highest BCUT2D eigenvalue weighted by Crippen LogP contribution is 2.43. The zero-order valence-electron chi connectivity index (χ0n) is 21.8. The number of ether oxygens (including phenoxy) is 4. The largest absolute Gasteiger partial charge is 0.496 e. The first-order valence-electron chi connectivity index (χ1n) is 12.2. The number of alkyl halides is 2. The van der Waals surface area contributed by atoms with Gasteiger partial charge in [-0.1, -0.05) is 12.1 Å². The molecule has 206 valence electrons. The van der Waals surface area contributed by atoms with Crippen molar-refractivity contribution in [2.75, 3.05) is 46.5 Å². The molecule has 2 heterocycles. The second kappa shape index (κ2) is 11.4. The fourth-order valence-corrected chi connectivity index (χ4v) is 4.90. The van der Waals surface area contributed by atoms with Crippen LogP contribution in [-0.2, 0) is 32.3 Å². The summed E-state index contributed by atoms with van der Waals surface area (Å²) in [6, 6.07) is 6.70. The maximum atomic E-state index is 15.3. The van der Waals surface area contributed by atoms with Crippen LogP contribution in [-0.4, -0.2) is 56.2 Å². The summed E-state index contributed by atoms with van der Waals surface area (Å²) < 4.78 is 66.1. The SMILES string of the molecule is COCC(F)(F)c1cccc([C@@H](C)Nc2nc(CO)nc3cc(OC)c(C4(OC)CCOCC4)cc23)c1F. The average molecular weight is 536 g/mol. The summed E-state index contributed by atoms with van der Waals surface area (Å²) in [6.45, 7) is 1.29. The summed E-state index contributed by atoms with van der Waals surface area (Å²) in [7, 11) is 4.32. The van der Waals surface area contributed by atoms with Crippen molar-refractivity contribution in [3.63, 3.8) is 0 Å². The minimum atomic E-state index is -3.50. The molecule has 0 amide bonds. The fourth-order valence-electron chi connectivity index (χ4n) is 4.90. The minimum Gasteiger partial charge on any atom is -0.496 e. The van der Waals surface area contributed by atoms with Crippen LogP contribution in [0.2, 0.25) is 0 Å². The number of anilines is 1. The topological polar surface area (TPSA) is 95.0 Å². The van der Waals surface area contributed by atoms with Gasteiger partial charge in [0.25, 0.3) is 5.92 Å². The Hall–Kier alpha value is -2.99. The van der Waals surface area contributed by atoms with E-state index in [2.05, 4.69) is 20.0 Å². The number of fused-ring (bicyclic) bond motifs is 1. The van der Waals surface area contributed by atoms with E-state index in [9.17, 15) is 13.9 Å². The highest BCUT2D eigenvalue weighted by atomic mass is 19.3. The molecule has 4 rings (SSSR count). The molecule has 11 heteroatoms. The molecule has 2 aromatic carbocycles. The van der Waals surface area contributed by atoms with Crippen LogP contribution < -0.4 is 10.1 Å². The fraction of sp³-hybridized carbons (Fsp3) is 0.481. The molecule has 1 aliphatic heterocycles. The normalized spacial score (nSPS) is 16.4. The van der Waals surface area contributed by atoms with Gasteiger partial charge in [0, 0.05) is 62.9 Å². The lowest BCUT2D eigenvalue weighted by atomic mass is 9.84. The van der Waals surface area contributed by atoms with E-state index in [1.165, 1.54) is 12.1 Å².